The monoisotopic (exact) mass is 259 g/mol. The summed E-state index contributed by atoms with van der Waals surface area (Å²) >= 11 is 5.87. The molecule has 0 atom stereocenters. The second-order valence-electron chi connectivity index (χ2n) is 3.93. The predicted octanol–water partition coefficient (Wildman–Crippen LogP) is 2.36. The number of aromatic nitrogens is 4. The lowest BCUT2D eigenvalue weighted by Gasteiger charge is -2.02. The molecule has 0 fully saturated rings. The lowest BCUT2D eigenvalue weighted by Crippen LogP contribution is -1.98. The average molecular weight is 260 g/mol. The number of nitrogens with two attached hydrogens (primary N) is 1. The molecule has 0 aliphatic carbocycles. The number of benzene rings is 1. The van der Waals surface area contributed by atoms with Gasteiger partial charge >= 0.3 is 0 Å². The summed E-state index contributed by atoms with van der Waals surface area (Å²) in [5, 5.41) is 5.91. The summed E-state index contributed by atoms with van der Waals surface area (Å²) in [6, 6.07) is 7.38. The topological polar surface area (TPSA) is 69.6 Å². The Kier molecular flexibility index (Phi) is 2.41. The van der Waals surface area contributed by atoms with E-state index in [-0.39, 0.29) is 0 Å². The zero-order valence-corrected chi connectivity index (χ0v) is 10.4. The Labute approximate surface area is 108 Å². The van der Waals surface area contributed by atoms with E-state index in [0.717, 1.165) is 16.8 Å². The molecule has 2 heterocycles. The highest BCUT2D eigenvalue weighted by Crippen LogP contribution is 2.23. The number of nitrogen functional groups attached to an aromatic ring is 1. The van der Waals surface area contributed by atoms with Crippen molar-refractivity contribution in [1.29, 1.82) is 0 Å². The van der Waals surface area contributed by atoms with Gasteiger partial charge in [0, 0.05) is 5.02 Å². The van der Waals surface area contributed by atoms with Crippen molar-refractivity contribution >= 4 is 28.5 Å². The minimum Gasteiger partial charge on any atom is -0.383 e. The van der Waals surface area contributed by atoms with Crippen LogP contribution in [0.15, 0.2) is 30.6 Å². The third kappa shape index (κ3) is 1.60. The minimum absolute atomic E-state index is 0.442. The standard InChI is InChI=1S/C12H10ClN5/c1-7-10-11(14)15-6-16-12(10)18(17-7)9-4-2-8(13)3-5-9/h2-6H,1H3,(H2,14,15,16). The lowest BCUT2D eigenvalue weighted by atomic mass is 10.3. The van der Waals surface area contributed by atoms with E-state index in [0.29, 0.717) is 16.5 Å². The van der Waals surface area contributed by atoms with Crippen molar-refractivity contribution in [2.75, 3.05) is 5.73 Å². The molecule has 18 heavy (non-hydrogen) atoms. The van der Waals surface area contributed by atoms with Crippen LogP contribution in [0.2, 0.25) is 5.02 Å². The zero-order valence-electron chi connectivity index (χ0n) is 9.63. The largest absolute Gasteiger partial charge is 0.383 e. The van der Waals surface area contributed by atoms with Gasteiger partial charge in [-0.15, -0.1) is 0 Å². The fraction of sp³-hybridized carbons (Fsp3) is 0.0833. The molecule has 0 aliphatic heterocycles. The van der Waals surface area contributed by atoms with Crippen LogP contribution in [0.25, 0.3) is 16.7 Å². The molecule has 2 aromatic heterocycles. The van der Waals surface area contributed by atoms with Crippen molar-refractivity contribution in [3.05, 3.63) is 41.3 Å². The van der Waals surface area contributed by atoms with Gasteiger partial charge in [0.1, 0.15) is 12.1 Å². The Balaban J connectivity index is 2.30. The molecule has 5 nitrogen and oxygen atoms in total. The lowest BCUT2D eigenvalue weighted by molar-refractivity contribution is 0.876. The number of hydrogen-bond donors (Lipinski definition) is 1. The molecule has 2 N–H and O–H groups in total. The maximum absolute atomic E-state index is 5.87. The number of hydrogen-bond acceptors (Lipinski definition) is 4. The summed E-state index contributed by atoms with van der Waals surface area (Å²) in [7, 11) is 0. The third-order valence-electron chi connectivity index (χ3n) is 2.74. The van der Waals surface area contributed by atoms with Crippen molar-refractivity contribution in [1.82, 2.24) is 19.7 Å². The fourth-order valence-electron chi connectivity index (χ4n) is 1.91. The van der Waals surface area contributed by atoms with Crippen LogP contribution in [-0.4, -0.2) is 19.7 Å². The van der Waals surface area contributed by atoms with Gasteiger partial charge in [0.15, 0.2) is 5.65 Å². The molecule has 90 valence electrons. The van der Waals surface area contributed by atoms with Crippen LogP contribution >= 0.6 is 11.6 Å². The molecule has 0 saturated heterocycles. The highest BCUT2D eigenvalue weighted by atomic mass is 35.5. The number of aryl methyl sites for hydroxylation is 1. The molecule has 0 aliphatic rings. The average Bonchev–Trinajstić information content (AvgIpc) is 2.69. The Morgan fingerprint density at radius 1 is 1.17 bits per heavy atom. The van der Waals surface area contributed by atoms with Gasteiger partial charge in [-0.25, -0.2) is 14.6 Å². The zero-order chi connectivity index (χ0) is 12.7. The highest BCUT2D eigenvalue weighted by molar-refractivity contribution is 6.30. The number of halogens is 1. The molecule has 0 spiro atoms. The molecule has 0 unspecified atom stereocenters. The highest BCUT2D eigenvalue weighted by Gasteiger charge is 2.13. The van der Waals surface area contributed by atoms with E-state index < -0.39 is 0 Å². The normalized spacial score (nSPS) is 11.0. The van der Waals surface area contributed by atoms with Gasteiger partial charge in [0.05, 0.1) is 16.8 Å². The number of fused-ring (bicyclic) bond motifs is 1. The Hall–Kier alpha value is -2.14. The maximum Gasteiger partial charge on any atom is 0.168 e. The van der Waals surface area contributed by atoms with Crippen LogP contribution in [0.5, 0.6) is 0 Å². The van der Waals surface area contributed by atoms with Crippen molar-refractivity contribution in [2.24, 2.45) is 0 Å². The van der Waals surface area contributed by atoms with Gasteiger partial charge in [-0.05, 0) is 31.2 Å². The van der Waals surface area contributed by atoms with Crippen molar-refractivity contribution < 1.29 is 0 Å². The van der Waals surface area contributed by atoms with Gasteiger partial charge in [0.25, 0.3) is 0 Å². The Morgan fingerprint density at radius 3 is 2.61 bits per heavy atom. The van der Waals surface area contributed by atoms with E-state index in [1.807, 2.05) is 31.2 Å². The molecule has 0 radical (unpaired) electrons. The van der Waals surface area contributed by atoms with E-state index in [1.54, 1.807) is 4.68 Å². The first-order valence-electron chi connectivity index (χ1n) is 5.38. The summed E-state index contributed by atoms with van der Waals surface area (Å²) in [6.07, 6.45) is 1.44. The quantitative estimate of drug-likeness (QED) is 0.728. The second kappa shape index (κ2) is 3.96. The molecule has 3 rings (SSSR count). The molecular weight excluding hydrogens is 250 g/mol. The van der Waals surface area contributed by atoms with Crippen LogP contribution < -0.4 is 5.73 Å². The number of nitrogens with zero attached hydrogens (tertiary/aromatic N) is 4. The third-order valence-corrected chi connectivity index (χ3v) is 2.99. The van der Waals surface area contributed by atoms with Crippen LogP contribution in [0.4, 0.5) is 5.82 Å². The molecule has 3 aromatic rings. The Morgan fingerprint density at radius 2 is 1.89 bits per heavy atom. The number of rotatable bonds is 1. The van der Waals surface area contributed by atoms with Crippen LogP contribution in [0.1, 0.15) is 5.69 Å². The van der Waals surface area contributed by atoms with Gasteiger partial charge in [0.2, 0.25) is 0 Å². The first-order chi connectivity index (χ1) is 8.66. The molecule has 0 saturated carbocycles. The van der Waals surface area contributed by atoms with Gasteiger partial charge < -0.3 is 5.73 Å². The molecular formula is C12H10ClN5. The smallest absolute Gasteiger partial charge is 0.168 e. The van der Waals surface area contributed by atoms with E-state index in [9.17, 15) is 0 Å². The summed E-state index contributed by atoms with van der Waals surface area (Å²) in [4.78, 5) is 8.22. The predicted molar refractivity (Wildman–Crippen MR) is 70.8 cm³/mol. The maximum atomic E-state index is 5.87. The molecule has 0 bridgehead atoms. The van der Waals surface area contributed by atoms with E-state index in [4.69, 9.17) is 17.3 Å². The molecule has 1 aromatic carbocycles. The number of anilines is 1. The van der Waals surface area contributed by atoms with E-state index in [1.165, 1.54) is 6.33 Å². The molecule has 0 amide bonds. The van der Waals surface area contributed by atoms with Crippen LogP contribution in [0.3, 0.4) is 0 Å². The summed E-state index contributed by atoms with van der Waals surface area (Å²) in [5.74, 6) is 0.442. The van der Waals surface area contributed by atoms with Crippen LogP contribution in [0, 0.1) is 6.92 Å². The van der Waals surface area contributed by atoms with Crippen molar-refractivity contribution in [2.45, 2.75) is 6.92 Å². The first kappa shape index (κ1) is 11.0. The first-order valence-corrected chi connectivity index (χ1v) is 5.76. The SMILES string of the molecule is Cc1nn(-c2ccc(Cl)cc2)c2ncnc(N)c12. The van der Waals surface area contributed by atoms with Gasteiger partial charge in [-0.2, -0.15) is 5.10 Å². The second-order valence-corrected chi connectivity index (χ2v) is 4.37. The summed E-state index contributed by atoms with van der Waals surface area (Å²) < 4.78 is 1.74. The summed E-state index contributed by atoms with van der Waals surface area (Å²) in [5.41, 5.74) is 8.23. The van der Waals surface area contributed by atoms with Crippen molar-refractivity contribution in [3.8, 4) is 5.69 Å². The van der Waals surface area contributed by atoms with Gasteiger partial charge in [-0.3, -0.25) is 0 Å². The Bertz CT molecular complexity index is 717. The van der Waals surface area contributed by atoms with Crippen molar-refractivity contribution in [3.63, 3.8) is 0 Å². The van der Waals surface area contributed by atoms with E-state index in [2.05, 4.69) is 15.1 Å². The van der Waals surface area contributed by atoms with Crippen LogP contribution in [-0.2, 0) is 0 Å². The molecule has 6 heteroatoms. The summed E-state index contributed by atoms with van der Waals surface area (Å²) in [6.45, 7) is 1.88. The fourth-order valence-corrected chi connectivity index (χ4v) is 2.03. The van der Waals surface area contributed by atoms with Gasteiger partial charge in [-0.1, -0.05) is 11.6 Å². The minimum atomic E-state index is 0.442. The van der Waals surface area contributed by atoms with E-state index >= 15 is 0 Å².